The number of carbonyl (C=O) groups is 1. The Labute approximate surface area is 179 Å². The van der Waals surface area contributed by atoms with Crippen LogP contribution in [0, 0.1) is 20.8 Å². The van der Waals surface area contributed by atoms with Gasteiger partial charge in [0.15, 0.2) is 5.82 Å². The van der Waals surface area contributed by atoms with Gasteiger partial charge in [0.05, 0.1) is 5.69 Å². The zero-order valence-electron chi connectivity index (χ0n) is 17.5. The lowest BCUT2D eigenvalue weighted by Gasteiger charge is -2.09. The molecule has 0 aliphatic heterocycles. The molecule has 2 amide bonds. The second-order valence-electron chi connectivity index (χ2n) is 6.99. The number of nitrogens with zero attached hydrogens (tertiary/aromatic N) is 4. The number of amides is 2. The average molecular weight is 414 g/mol. The normalized spacial score (nSPS) is 10.5. The van der Waals surface area contributed by atoms with E-state index in [1.54, 1.807) is 35.0 Å². The minimum absolute atomic E-state index is 0.319. The molecule has 2 aromatic heterocycles. The topological polar surface area (TPSA) is 94.0 Å². The molecule has 0 aliphatic rings. The predicted octanol–water partition coefficient (Wildman–Crippen LogP) is 5.02. The van der Waals surface area contributed by atoms with Gasteiger partial charge in [-0.05, 0) is 62.7 Å². The van der Waals surface area contributed by atoms with Crippen LogP contribution < -0.4 is 15.4 Å². The van der Waals surface area contributed by atoms with Gasteiger partial charge in [0.2, 0.25) is 5.88 Å². The Balaban J connectivity index is 1.42. The van der Waals surface area contributed by atoms with Crippen molar-refractivity contribution in [1.29, 1.82) is 0 Å². The number of rotatable bonds is 5. The highest BCUT2D eigenvalue weighted by Crippen LogP contribution is 2.23. The van der Waals surface area contributed by atoms with E-state index in [1.807, 2.05) is 51.1 Å². The van der Waals surface area contributed by atoms with Crippen molar-refractivity contribution in [3.8, 4) is 17.4 Å². The number of hydrogen-bond donors (Lipinski definition) is 2. The lowest BCUT2D eigenvalue weighted by molar-refractivity contribution is 0.262. The molecule has 0 fully saturated rings. The van der Waals surface area contributed by atoms with E-state index < -0.39 is 0 Å². The zero-order chi connectivity index (χ0) is 21.8. The van der Waals surface area contributed by atoms with Crippen molar-refractivity contribution in [2.75, 3.05) is 10.6 Å². The Bertz CT molecular complexity index is 1200. The van der Waals surface area contributed by atoms with E-state index in [0.29, 0.717) is 23.1 Å². The Hall–Kier alpha value is -4.20. The Morgan fingerprint density at radius 1 is 0.903 bits per heavy atom. The smallest absolute Gasteiger partial charge is 0.323 e. The maximum Gasteiger partial charge on any atom is 0.323 e. The molecule has 0 saturated heterocycles. The summed E-state index contributed by atoms with van der Waals surface area (Å²) in [5.74, 6) is 1.62. The minimum Gasteiger partial charge on any atom is -0.439 e. The summed E-state index contributed by atoms with van der Waals surface area (Å²) >= 11 is 0. The molecule has 0 aliphatic carbocycles. The summed E-state index contributed by atoms with van der Waals surface area (Å²) in [4.78, 5) is 20.6. The molecule has 2 heterocycles. The Morgan fingerprint density at radius 3 is 2.23 bits per heavy atom. The molecule has 0 radical (unpaired) electrons. The van der Waals surface area contributed by atoms with Crippen LogP contribution in [0.15, 0.2) is 67.0 Å². The van der Waals surface area contributed by atoms with E-state index in [9.17, 15) is 4.79 Å². The summed E-state index contributed by atoms with van der Waals surface area (Å²) in [5.41, 5.74) is 4.46. The second kappa shape index (κ2) is 8.66. The molecule has 0 unspecified atom stereocenters. The van der Waals surface area contributed by atoms with Crippen LogP contribution in [0.25, 0.3) is 5.82 Å². The predicted molar refractivity (Wildman–Crippen MR) is 119 cm³/mol. The number of hydrogen-bond acceptors (Lipinski definition) is 5. The van der Waals surface area contributed by atoms with Gasteiger partial charge < -0.3 is 15.4 Å². The standard InChI is InChI=1S/C23H22N6O2/c1-15-16(2)28-29(17(15)3)21-13-22(25-14-24-21)31-20-11-9-19(10-12-20)27-23(30)26-18-7-5-4-6-8-18/h4-14H,1-3H3,(H2,26,27,30). The fraction of sp³-hybridized carbons (Fsp3) is 0.130. The van der Waals surface area contributed by atoms with E-state index >= 15 is 0 Å². The van der Waals surface area contributed by atoms with Crippen LogP contribution in [-0.4, -0.2) is 25.8 Å². The fourth-order valence-corrected chi connectivity index (χ4v) is 2.99. The molecular weight excluding hydrogens is 392 g/mol. The van der Waals surface area contributed by atoms with Crippen molar-refractivity contribution in [2.45, 2.75) is 20.8 Å². The van der Waals surface area contributed by atoms with E-state index in [2.05, 4.69) is 25.7 Å². The fourth-order valence-electron chi connectivity index (χ4n) is 2.99. The molecule has 2 aromatic carbocycles. The molecule has 8 heteroatoms. The number of anilines is 2. The third kappa shape index (κ3) is 4.69. The summed E-state index contributed by atoms with van der Waals surface area (Å²) in [6.45, 7) is 5.99. The highest BCUT2D eigenvalue weighted by molar-refractivity contribution is 5.99. The number of aromatic nitrogens is 4. The van der Waals surface area contributed by atoms with Crippen LogP contribution >= 0.6 is 0 Å². The van der Waals surface area contributed by atoms with Gasteiger partial charge in [0.1, 0.15) is 12.1 Å². The first-order chi connectivity index (χ1) is 15.0. The first-order valence-electron chi connectivity index (χ1n) is 9.76. The van der Waals surface area contributed by atoms with Gasteiger partial charge in [-0.1, -0.05) is 18.2 Å². The maximum absolute atomic E-state index is 12.1. The van der Waals surface area contributed by atoms with Crippen LogP contribution in [0.3, 0.4) is 0 Å². The minimum atomic E-state index is -0.319. The van der Waals surface area contributed by atoms with Crippen molar-refractivity contribution in [1.82, 2.24) is 19.7 Å². The molecule has 0 atom stereocenters. The molecule has 31 heavy (non-hydrogen) atoms. The van der Waals surface area contributed by atoms with Gasteiger partial charge in [-0.2, -0.15) is 5.10 Å². The summed E-state index contributed by atoms with van der Waals surface area (Å²) in [6.07, 6.45) is 1.44. The van der Waals surface area contributed by atoms with Crippen molar-refractivity contribution in [3.05, 3.63) is 83.9 Å². The van der Waals surface area contributed by atoms with Crippen LogP contribution in [0.2, 0.25) is 0 Å². The average Bonchev–Trinajstić information content (AvgIpc) is 3.03. The van der Waals surface area contributed by atoms with E-state index in [1.165, 1.54) is 6.33 Å². The summed E-state index contributed by atoms with van der Waals surface area (Å²) in [5, 5.41) is 10.1. The van der Waals surface area contributed by atoms with Crippen LogP contribution in [-0.2, 0) is 0 Å². The van der Waals surface area contributed by atoms with Gasteiger partial charge in [0.25, 0.3) is 0 Å². The Morgan fingerprint density at radius 2 is 1.58 bits per heavy atom. The number of carbonyl (C=O) groups excluding carboxylic acids is 1. The number of benzene rings is 2. The molecule has 0 bridgehead atoms. The first kappa shape index (κ1) is 20.1. The lowest BCUT2D eigenvalue weighted by Crippen LogP contribution is -2.19. The number of urea groups is 1. The third-order valence-corrected chi connectivity index (χ3v) is 4.86. The van der Waals surface area contributed by atoms with Crippen LogP contribution in [0.4, 0.5) is 16.2 Å². The molecule has 156 valence electrons. The zero-order valence-corrected chi connectivity index (χ0v) is 17.5. The maximum atomic E-state index is 12.1. The highest BCUT2D eigenvalue weighted by atomic mass is 16.5. The lowest BCUT2D eigenvalue weighted by atomic mass is 10.2. The Kier molecular flexibility index (Phi) is 5.61. The van der Waals surface area contributed by atoms with Gasteiger partial charge in [-0.15, -0.1) is 0 Å². The SMILES string of the molecule is Cc1nn(-c2cc(Oc3ccc(NC(=O)Nc4ccccc4)cc3)ncn2)c(C)c1C. The van der Waals surface area contributed by atoms with E-state index in [4.69, 9.17) is 4.74 Å². The number of ether oxygens (including phenoxy) is 1. The number of para-hydroxylation sites is 1. The summed E-state index contributed by atoms with van der Waals surface area (Å²) in [6, 6.07) is 17.7. The van der Waals surface area contributed by atoms with Crippen LogP contribution in [0.1, 0.15) is 17.0 Å². The number of aryl methyl sites for hydroxylation is 1. The summed E-state index contributed by atoms with van der Waals surface area (Å²) in [7, 11) is 0. The van der Waals surface area contributed by atoms with Gasteiger partial charge in [0, 0.05) is 23.1 Å². The highest BCUT2D eigenvalue weighted by Gasteiger charge is 2.11. The van der Waals surface area contributed by atoms with Gasteiger partial charge in [-0.3, -0.25) is 0 Å². The first-order valence-corrected chi connectivity index (χ1v) is 9.76. The largest absolute Gasteiger partial charge is 0.439 e. The van der Waals surface area contributed by atoms with Crippen molar-refractivity contribution >= 4 is 17.4 Å². The second-order valence-corrected chi connectivity index (χ2v) is 6.99. The monoisotopic (exact) mass is 414 g/mol. The van der Waals surface area contributed by atoms with Gasteiger partial charge in [-0.25, -0.2) is 19.4 Å². The molecule has 0 spiro atoms. The molecule has 4 aromatic rings. The van der Waals surface area contributed by atoms with Crippen molar-refractivity contribution < 1.29 is 9.53 Å². The third-order valence-electron chi connectivity index (χ3n) is 4.86. The number of nitrogens with one attached hydrogen (secondary N) is 2. The van der Waals surface area contributed by atoms with E-state index in [0.717, 1.165) is 22.6 Å². The van der Waals surface area contributed by atoms with Crippen molar-refractivity contribution in [2.24, 2.45) is 0 Å². The van der Waals surface area contributed by atoms with Crippen LogP contribution in [0.5, 0.6) is 11.6 Å². The summed E-state index contributed by atoms with van der Waals surface area (Å²) < 4.78 is 7.63. The molecule has 4 rings (SSSR count). The van der Waals surface area contributed by atoms with Crippen molar-refractivity contribution in [3.63, 3.8) is 0 Å². The van der Waals surface area contributed by atoms with Gasteiger partial charge >= 0.3 is 6.03 Å². The quantitative estimate of drug-likeness (QED) is 0.478. The molecule has 0 saturated carbocycles. The molecule has 8 nitrogen and oxygen atoms in total. The molecule has 2 N–H and O–H groups in total. The molecular formula is C23H22N6O2. The van der Waals surface area contributed by atoms with E-state index in [-0.39, 0.29) is 6.03 Å².